The lowest BCUT2D eigenvalue weighted by Crippen LogP contribution is -2.00. The van der Waals surface area contributed by atoms with Gasteiger partial charge < -0.3 is 5.32 Å². The van der Waals surface area contributed by atoms with Gasteiger partial charge in [0.15, 0.2) is 5.65 Å². The smallest absolute Gasteiger partial charge is 0.168 e. The van der Waals surface area contributed by atoms with Crippen LogP contribution >= 0.6 is 0 Å². The summed E-state index contributed by atoms with van der Waals surface area (Å²) in [5.74, 6) is 0.754. The SMILES string of the molecule is Cc1ccc(Nc2ncnc3c2cnn3-c2ccc(C)c(C)c2)cc1. The van der Waals surface area contributed by atoms with Gasteiger partial charge in [-0.05, 0) is 56.2 Å². The first-order chi connectivity index (χ1) is 12.1. The van der Waals surface area contributed by atoms with Crippen molar-refractivity contribution >= 4 is 22.5 Å². The van der Waals surface area contributed by atoms with Gasteiger partial charge in [-0.15, -0.1) is 0 Å². The minimum Gasteiger partial charge on any atom is -0.340 e. The molecule has 0 unspecified atom stereocenters. The molecule has 0 aliphatic rings. The molecule has 0 atom stereocenters. The molecule has 124 valence electrons. The molecule has 2 aromatic heterocycles. The van der Waals surface area contributed by atoms with E-state index in [1.165, 1.54) is 16.7 Å². The van der Waals surface area contributed by atoms with Crippen molar-refractivity contribution in [3.05, 3.63) is 71.7 Å². The lowest BCUT2D eigenvalue weighted by Gasteiger charge is -2.08. The highest BCUT2D eigenvalue weighted by atomic mass is 15.3. The van der Waals surface area contributed by atoms with E-state index in [9.17, 15) is 0 Å². The van der Waals surface area contributed by atoms with Gasteiger partial charge in [-0.1, -0.05) is 23.8 Å². The monoisotopic (exact) mass is 329 g/mol. The summed E-state index contributed by atoms with van der Waals surface area (Å²) in [6, 6.07) is 14.5. The average molecular weight is 329 g/mol. The van der Waals surface area contributed by atoms with Crippen molar-refractivity contribution in [2.45, 2.75) is 20.8 Å². The molecule has 5 nitrogen and oxygen atoms in total. The first-order valence-electron chi connectivity index (χ1n) is 8.22. The number of aryl methyl sites for hydroxylation is 3. The first kappa shape index (κ1) is 15.3. The van der Waals surface area contributed by atoms with E-state index in [0.29, 0.717) is 0 Å². The Bertz CT molecular complexity index is 1050. The summed E-state index contributed by atoms with van der Waals surface area (Å²) < 4.78 is 1.85. The van der Waals surface area contributed by atoms with Gasteiger partial charge in [0.05, 0.1) is 17.3 Å². The molecule has 0 spiro atoms. The Morgan fingerprint density at radius 1 is 0.880 bits per heavy atom. The van der Waals surface area contributed by atoms with Gasteiger partial charge >= 0.3 is 0 Å². The molecular formula is C20H19N5. The summed E-state index contributed by atoms with van der Waals surface area (Å²) in [7, 11) is 0. The Hall–Kier alpha value is -3.21. The van der Waals surface area contributed by atoms with Crippen molar-refractivity contribution < 1.29 is 0 Å². The molecule has 2 aromatic carbocycles. The Morgan fingerprint density at radius 2 is 1.68 bits per heavy atom. The second-order valence-corrected chi connectivity index (χ2v) is 6.28. The van der Waals surface area contributed by atoms with Gasteiger partial charge in [0, 0.05) is 5.69 Å². The molecule has 5 heteroatoms. The van der Waals surface area contributed by atoms with Gasteiger partial charge in [-0.2, -0.15) is 5.10 Å². The van der Waals surface area contributed by atoms with Crippen LogP contribution in [0.4, 0.5) is 11.5 Å². The zero-order valence-electron chi connectivity index (χ0n) is 14.5. The third-order valence-corrected chi connectivity index (χ3v) is 4.42. The summed E-state index contributed by atoms with van der Waals surface area (Å²) in [5, 5.41) is 8.77. The van der Waals surface area contributed by atoms with Crippen LogP contribution in [0.2, 0.25) is 0 Å². The Morgan fingerprint density at radius 3 is 2.44 bits per heavy atom. The molecule has 0 aliphatic carbocycles. The van der Waals surface area contributed by atoms with E-state index < -0.39 is 0 Å². The number of hydrogen-bond donors (Lipinski definition) is 1. The predicted molar refractivity (Wildman–Crippen MR) is 101 cm³/mol. The third kappa shape index (κ3) is 2.85. The number of anilines is 2. The Kier molecular flexibility index (Phi) is 3.69. The Balaban J connectivity index is 1.77. The van der Waals surface area contributed by atoms with Crippen molar-refractivity contribution in [1.82, 2.24) is 19.7 Å². The number of benzene rings is 2. The second-order valence-electron chi connectivity index (χ2n) is 6.28. The zero-order chi connectivity index (χ0) is 17.4. The molecule has 4 rings (SSSR count). The van der Waals surface area contributed by atoms with Crippen LogP contribution in [0.25, 0.3) is 16.7 Å². The number of rotatable bonds is 3. The number of fused-ring (bicyclic) bond motifs is 1. The fraction of sp³-hybridized carbons (Fsp3) is 0.150. The fourth-order valence-corrected chi connectivity index (χ4v) is 2.76. The molecule has 2 heterocycles. The van der Waals surface area contributed by atoms with Gasteiger partial charge in [0.1, 0.15) is 12.1 Å². The normalized spacial score (nSPS) is 11.0. The second kappa shape index (κ2) is 6.02. The van der Waals surface area contributed by atoms with Gasteiger partial charge in [0.25, 0.3) is 0 Å². The number of aromatic nitrogens is 4. The standard InChI is InChI=1S/C20H19N5/c1-13-4-7-16(8-5-13)24-19-18-11-23-25(20(18)22-12-21-19)17-9-6-14(2)15(3)10-17/h4-12H,1-3H3,(H,21,22,24). The fourth-order valence-electron chi connectivity index (χ4n) is 2.76. The molecule has 0 bridgehead atoms. The highest BCUT2D eigenvalue weighted by Crippen LogP contribution is 2.25. The van der Waals surface area contributed by atoms with Crippen LogP contribution in [-0.2, 0) is 0 Å². The number of nitrogens with one attached hydrogen (secondary N) is 1. The molecular weight excluding hydrogens is 310 g/mol. The van der Waals surface area contributed by atoms with Gasteiger partial charge in [0.2, 0.25) is 0 Å². The van der Waals surface area contributed by atoms with E-state index in [2.05, 4.69) is 71.5 Å². The van der Waals surface area contributed by atoms with Crippen LogP contribution in [0.1, 0.15) is 16.7 Å². The maximum Gasteiger partial charge on any atom is 0.168 e. The summed E-state index contributed by atoms with van der Waals surface area (Å²) in [6.45, 7) is 6.27. The molecule has 0 saturated heterocycles. The number of nitrogens with zero attached hydrogens (tertiary/aromatic N) is 4. The quantitative estimate of drug-likeness (QED) is 0.602. The molecule has 25 heavy (non-hydrogen) atoms. The highest BCUT2D eigenvalue weighted by Gasteiger charge is 2.11. The van der Waals surface area contributed by atoms with Gasteiger partial charge in [-0.25, -0.2) is 14.6 Å². The van der Waals surface area contributed by atoms with E-state index in [-0.39, 0.29) is 0 Å². The molecule has 0 radical (unpaired) electrons. The van der Waals surface area contributed by atoms with Crippen molar-refractivity contribution in [3.8, 4) is 5.69 Å². The Labute approximate surface area is 146 Å². The van der Waals surface area contributed by atoms with Crippen molar-refractivity contribution in [1.29, 1.82) is 0 Å². The van der Waals surface area contributed by atoms with Crippen LogP contribution in [0, 0.1) is 20.8 Å². The van der Waals surface area contributed by atoms with Crippen LogP contribution in [0.5, 0.6) is 0 Å². The van der Waals surface area contributed by atoms with E-state index in [0.717, 1.165) is 28.2 Å². The summed E-state index contributed by atoms with van der Waals surface area (Å²) >= 11 is 0. The highest BCUT2D eigenvalue weighted by molar-refractivity contribution is 5.89. The minimum atomic E-state index is 0.754. The van der Waals surface area contributed by atoms with E-state index in [1.807, 2.05) is 16.8 Å². The molecule has 1 N–H and O–H groups in total. The topological polar surface area (TPSA) is 55.6 Å². The zero-order valence-corrected chi connectivity index (χ0v) is 14.5. The lowest BCUT2D eigenvalue weighted by atomic mass is 10.1. The molecule has 0 fully saturated rings. The van der Waals surface area contributed by atoms with Crippen LogP contribution in [0.3, 0.4) is 0 Å². The van der Waals surface area contributed by atoms with Gasteiger partial charge in [-0.3, -0.25) is 0 Å². The third-order valence-electron chi connectivity index (χ3n) is 4.42. The summed E-state index contributed by atoms with van der Waals surface area (Å²) in [6.07, 6.45) is 3.37. The maximum atomic E-state index is 4.53. The average Bonchev–Trinajstić information content (AvgIpc) is 3.04. The first-order valence-corrected chi connectivity index (χ1v) is 8.22. The van der Waals surface area contributed by atoms with Crippen molar-refractivity contribution in [2.24, 2.45) is 0 Å². The minimum absolute atomic E-state index is 0.754. The summed E-state index contributed by atoms with van der Waals surface area (Å²) in [5.41, 5.74) is 6.49. The maximum absolute atomic E-state index is 4.53. The number of hydrogen-bond acceptors (Lipinski definition) is 4. The van der Waals surface area contributed by atoms with Crippen LogP contribution < -0.4 is 5.32 Å². The predicted octanol–water partition coefficient (Wildman–Crippen LogP) is 4.48. The lowest BCUT2D eigenvalue weighted by molar-refractivity contribution is 0.893. The molecule has 0 amide bonds. The molecule has 0 aliphatic heterocycles. The van der Waals surface area contributed by atoms with E-state index >= 15 is 0 Å². The van der Waals surface area contributed by atoms with Crippen LogP contribution in [-0.4, -0.2) is 19.7 Å². The van der Waals surface area contributed by atoms with Crippen molar-refractivity contribution in [3.63, 3.8) is 0 Å². The summed E-state index contributed by atoms with van der Waals surface area (Å²) in [4.78, 5) is 8.82. The molecule has 4 aromatic rings. The van der Waals surface area contributed by atoms with Crippen molar-refractivity contribution in [2.75, 3.05) is 5.32 Å². The van der Waals surface area contributed by atoms with E-state index in [4.69, 9.17) is 0 Å². The van der Waals surface area contributed by atoms with Crippen LogP contribution in [0.15, 0.2) is 55.0 Å². The molecule has 0 saturated carbocycles. The van der Waals surface area contributed by atoms with E-state index in [1.54, 1.807) is 12.5 Å². The largest absolute Gasteiger partial charge is 0.340 e.